The number of allylic oxidation sites excluding steroid dienone is 1. The van der Waals surface area contributed by atoms with Gasteiger partial charge in [0.25, 0.3) is 0 Å². The van der Waals surface area contributed by atoms with Gasteiger partial charge in [0.1, 0.15) is 11.9 Å². The van der Waals surface area contributed by atoms with Crippen LogP contribution >= 0.6 is 0 Å². The highest BCUT2D eigenvalue weighted by molar-refractivity contribution is 5.80. The van der Waals surface area contributed by atoms with Gasteiger partial charge in [0.2, 0.25) is 0 Å². The lowest BCUT2D eigenvalue weighted by atomic mass is 10.1. The first kappa shape index (κ1) is 8.75. The van der Waals surface area contributed by atoms with Crippen LogP contribution in [0, 0.1) is 0 Å². The second kappa shape index (κ2) is 3.92. The Labute approximate surface area is 81.8 Å². The van der Waals surface area contributed by atoms with Crippen molar-refractivity contribution in [1.29, 1.82) is 0 Å². The van der Waals surface area contributed by atoms with Crippen LogP contribution in [-0.2, 0) is 4.79 Å². The number of aldehydes is 1. The van der Waals surface area contributed by atoms with Gasteiger partial charge in [-0.3, -0.25) is 0 Å². The zero-order valence-corrected chi connectivity index (χ0v) is 7.64. The molecule has 0 N–H and O–H groups in total. The van der Waals surface area contributed by atoms with E-state index in [0.717, 1.165) is 22.8 Å². The van der Waals surface area contributed by atoms with E-state index in [1.54, 1.807) is 6.26 Å². The van der Waals surface area contributed by atoms with Crippen LogP contribution in [0.15, 0.2) is 41.0 Å². The summed E-state index contributed by atoms with van der Waals surface area (Å²) < 4.78 is 5.22. The molecule has 0 radical (unpaired) electrons. The molecule has 0 saturated carbocycles. The topological polar surface area (TPSA) is 30.2 Å². The summed E-state index contributed by atoms with van der Waals surface area (Å²) in [5.74, 6) is 0. The number of furan rings is 1. The Hall–Kier alpha value is -1.83. The van der Waals surface area contributed by atoms with E-state index >= 15 is 0 Å². The first-order valence-electron chi connectivity index (χ1n) is 4.47. The van der Waals surface area contributed by atoms with Crippen LogP contribution in [0.25, 0.3) is 17.0 Å². The predicted molar refractivity (Wildman–Crippen MR) is 55.9 cm³/mol. The SMILES string of the molecule is O=CCC=Cc1ccc2occc2c1. The standard InChI is InChI=1S/C12H10O2/c13-7-2-1-3-10-4-5-12-11(9-10)6-8-14-12/h1,3-9H,2H2. The Morgan fingerprint density at radius 1 is 1.29 bits per heavy atom. The quantitative estimate of drug-likeness (QED) is 0.689. The van der Waals surface area contributed by atoms with Gasteiger partial charge in [-0.2, -0.15) is 0 Å². The fourth-order valence-electron chi connectivity index (χ4n) is 1.35. The van der Waals surface area contributed by atoms with Crippen molar-refractivity contribution < 1.29 is 9.21 Å². The lowest BCUT2D eigenvalue weighted by Crippen LogP contribution is -1.72. The van der Waals surface area contributed by atoms with Crippen LogP contribution in [0.3, 0.4) is 0 Å². The Balaban J connectivity index is 2.29. The molecule has 2 nitrogen and oxygen atoms in total. The van der Waals surface area contributed by atoms with Crippen molar-refractivity contribution in [3.63, 3.8) is 0 Å². The summed E-state index contributed by atoms with van der Waals surface area (Å²) in [6, 6.07) is 7.84. The summed E-state index contributed by atoms with van der Waals surface area (Å²) in [7, 11) is 0. The molecule has 14 heavy (non-hydrogen) atoms. The monoisotopic (exact) mass is 186 g/mol. The molecule has 0 atom stereocenters. The summed E-state index contributed by atoms with van der Waals surface area (Å²) in [6.07, 6.45) is 6.79. The minimum atomic E-state index is 0.462. The van der Waals surface area contributed by atoms with E-state index in [1.807, 2.05) is 36.4 Å². The Morgan fingerprint density at radius 2 is 2.21 bits per heavy atom. The summed E-state index contributed by atoms with van der Waals surface area (Å²) in [6.45, 7) is 0. The van der Waals surface area contributed by atoms with Gasteiger partial charge >= 0.3 is 0 Å². The lowest BCUT2D eigenvalue weighted by Gasteiger charge is -1.92. The highest BCUT2D eigenvalue weighted by atomic mass is 16.3. The minimum absolute atomic E-state index is 0.462. The highest BCUT2D eigenvalue weighted by Gasteiger charge is 1.95. The van der Waals surface area contributed by atoms with Crippen molar-refractivity contribution in [2.24, 2.45) is 0 Å². The maximum absolute atomic E-state index is 10.1. The molecule has 2 rings (SSSR count). The van der Waals surface area contributed by atoms with Crippen molar-refractivity contribution in [3.8, 4) is 0 Å². The van der Waals surface area contributed by atoms with Crippen LogP contribution in [0.4, 0.5) is 0 Å². The Kier molecular flexibility index (Phi) is 2.45. The molecule has 1 heterocycles. The normalized spacial score (nSPS) is 11.1. The molecule has 2 heteroatoms. The third-order valence-corrected chi connectivity index (χ3v) is 2.02. The first-order valence-corrected chi connectivity index (χ1v) is 4.47. The van der Waals surface area contributed by atoms with Crippen molar-refractivity contribution in [2.75, 3.05) is 0 Å². The smallest absolute Gasteiger partial charge is 0.133 e. The molecule has 0 amide bonds. The average molecular weight is 186 g/mol. The van der Waals surface area contributed by atoms with Gasteiger partial charge in [0, 0.05) is 11.8 Å². The first-order chi connectivity index (χ1) is 6.90. The van der Waals surface area contributed by atoms with Gasteiger partial charge in [-0.1, -0.05) is 18.2 Å². The zero-order chi connectivity index (χ0) is 9.80. The summed E-state index contributed by atoms with van der Waals surface area (Å²) in [4.78, 5) is 10.1. The van der Waals surface area contributed by atoms with E-state index in [1.165, 1.54) is 0 Å². The van der Waals surface area contributed by atoms with Crippen LogP contribution in [-0.4, -0.2) is 6.29 Å². The molecule has 70 valence electrons. The summed E-state index contributed by atoms with van der Waals surface area (Å²) in [5.41, 5.74) is 1.97. The Bertz CT molecular complexity index is 466. The molecule has 1 aromatic heterocycles. The molecule has 0 spiro atoms. The number of fused-ring (bicyclic) bond motifs is 1. The predicted octanol–water partition coefficient (Wildman–Crippen LogP) is 3.04. The van der Waals surface area contributed by atoms with Crippen molar-refractivity contribution in [3.05, 3.63) is 42.2 Å². The van der Waals surface area contributed by atoms with Crippen LogP contribution in [0.5, 0.6) is 0 Å². The van der Waals surface area contributed by atoms with E-state index < -0.39 is 0 Å². The van der Waals surface area contributed by atoms with E-state index in [9.17, 15) is 4.79 Å². The molecular formula is C12H10O2. The fourth-order valence-corrected chi connectivity index (χ4v) is 1.35. The molecule has 0 aliphatic carbocycles. The van der Waals surface area contributed by atoms with E-state index in [0.29, 0.717) is 6.42 Å². The summed E-state index contributed by atoms with van der Waals surface area (Å²) >= 11 is 0. The van der Waals surface area contributed by atoms with Crippen LogP contribution in [0.1, 0.15) is 12.0 Å². The van der Waals surface area contributed by atoms with Gasteiger partial charge in [0.15, 0.2) is 0 Å². The minimum Gasteiger partial charge on any atom is -0.464 e. The van der Waals surface area contributed by atoms with Gasteiger partial charge in [-0.15, -0.1) is 0 Å². The maximum Gasteiger partial charge on any atom is 0.133 e. The third-order valence-electron chi connectivity index (χ3n) is 2.02. The lowest BCUT2D eigenvalue weighted by molar-refractivity contribution is -0.107. The average Bonchev–Trinajstić information content (AvgIpc) is 2.65. The molecule has 0 bridgehead atoms. The largest absolute Gasteiger partial charge is 0.464 e. The van der Waals surface area contributed by atoms with E-state index in [2.05, 4.69) is 0 Å². The third kappa shape index (κ3) is 1.74. The van der Waals surface area contributed by atoms with Crippen molar-refractivity contribution >= 4 is 23.3 Å². The maximum atomic E-state index is 10.1. The van der Waals surface area contributed by atoms with E-state index in [4.69, 9.17) is 4.42 Å². The number of carbonyl (C=O) groups excluding carboxylic acids is 1. The summed E-state index contributed by atoms with van der Waals surface area (Å²) in [5, 5.41) is 1.08. The van der Waals surface area contributed by atoms with Crippen LogP contribution < -0.4 is 0 Å². The van der Waals surface area contributed by atoms with E-state index in [-0.39, 0.29) is 0 Å². The molecular weight excluding hydrogens is 176 g/mol. The molecule has 1 aromatic carbocycles. The molecule has 0 unspecified atom stereocenters. The fraction of sp³-hybridized carbons (Fsp3) is 0.0833. The molecule has 0 aliphatic heterocycles. The van der Waals surface area contributed by atoms with Gasteiger partial charge in [0.05, 0.1) is 6.26 Å². The molecule has 2 aromatic rings. The van der Waals surface area contributed by atoms with Crippen molar-refractivity contribution in [2.45, 2.75) is 6.42 Å². The number of benzene rings is 1. The molecule has 0 aliphatic rings. The second-order valence-corrected chi connectivity index (χ2v) is 3.02. The highest BCUT2D eigenvalue weighted by Crippen LogP contribution is 2.17. The number of carbonyl (C=O) groups is 1. The van der Waals surface area contributed by atoms with Crippen LogP contribution in [0.2, 0.25) is 0 Å². The number of hydrogen-bond acceptors (Lipinski definition) is 2. The van der Waals surface area contributed by atoms with Gasteiger partial charge in [-0.05, 0) is 23.8 Å². The van der Waals surface area contributed by atoms with Gasteiger partial charge < -0.3 is 9.21 Å². The van der Waals surface area contributed by atoms with Crippen molar-refractivity contribution in [1.82, 2.24) is 0 Å². The number of hydrogen-bond donors (Lipinski definition) is 0. The number of rotatable bonds is 3. The Morgan fingerprint density at radius 3 is 3.07 bits per heavy atom. The molecule has 0 saturated heterocycles. The molecule has 0 fully saturated rings. The zero-order valence-electron chi connectivity index (χ0n) is 7.64. The second-order valence-electron chi connectivity index (χ2n) is 3.02. The van der Waals surface area contributed by atoms with Gasteiger partial charge in [-0.25, -0.2) is 0 Å².